The minimum Gasteiger partial charge on any atom is -0.325 e. The number of pyridine rings is 1. The van der Waals surface area contributed by atoms with Crippen molar-refractivity contribution in [1.29, 1.82) is 0 Å². The zero-order chi connectivity index (χ0) is 13.2. The molecule has 19 heavy (non-hydrogen) atoms. The third-order valence-corrected chi connectivity index (χ3v) is 3.07. The molecule has 4 heteroatoms. The molecule has 0 saturated carbocycles. The average molecular weight is 251 g/mol. The molecule has 0 bridgehead atoms. The Hall–Kier alpha value is -2.49. The zero-order valence-corrected chi connectivity index (χ0v) is 10.5. The van der Waals surface area contributed by atoms with Gasteiger partial charge in [-0.3, -0.25) is 4.79 Å². The molecule has 0 aliphatic carbocycles. The second kappa shape index (κ2) is 4.65. The molecule has 1 aliphatic rings. The Balaban J connectivity index is 1.90. The summed E-state index contributed by atoms with van der Waals surface area (Å²) < 4.78 is 0. The number of aliphatic imine (C=N–C) groups is 1. The lowest BCUT2D eigenvalue weighted by molar-refractivity contribution is -0.115. The van der Waals surface area contributed by atoms with E-state index in [0.29, 0.717) is 5.82 Å². The number of nitrogens with one attached hydrogen (secondary N) is 1. The number of benzene rings is 1. The van der Waals surface area contributed by atoms with Crippen LogP contribution in [-0.2, 0) is 4.79 Å². The molecule has 0 saturated heterocycles. The molecule has 3 rings (SSSR count). The van der Waals surface area contributed by atoms with Gasteiger partial charge in [0.2, 0.25) is 5.91 Å². The van der Waals surface area contributed by atoms with E-state index < -0.39 is 0 Å². The van der Waals surface area contributed by atoms with Gasteiger partial charge in [0.25, 0.3) is 0 Å². The molecule has 1 amide bonds. The fourth-order valence-corrected chi connectivity index (χ4v) is 2.13. The number of anilines is 1. The van der Waals surface area contributed by atoms with Crippen LogP contribution in [0.1, 0.15) is 17.2 Å². The van der Waals surface area contributed by atoms with Crippen LogP contribution in [0.3, 0.4) is 0 Å². The van der Waals surface area contributed by atoms with E-state index in [1.165, 1.54) is 0 Å². The lowest BCUT2D eigenvalue weighted by atomic mass is 10.0. The van der Waals surface area contributed by atoms with Crippen LogP contribution in [0, 0.1) is 6.92 Å². The van der Waals surface area contributed by atoms with Crippen molar-refractivity contribution in [3.63, 3.8) is 0 Å². The summed E-state index contributed by atoms with van der Waals surface area (Å²) in [6.45, 7) is 1.91. The van der Waals surface area contributed by atoms with E-state index in [9.17, 15) is 4.79 Å². The van der Waals surface area contributed by atoms with Gasteiger partial charge in [-0.05, 0) is 30.7 Å². The van der Waals surface area contributed by atoms with E-state index in [4.69, 9.17) is 0 Å². The summed E-state index contributed by atoms with van der Waals surface area (Å²) >= 11 is 0. The van der Waals surface area contributed by atoms with Crippen molar-refractivity contribution in [2.45, 2.75) is 12.8 Å². The highest BCUT2D eigenvalue weighted by Crippen LogP contribution is 2.31. The summed E-state index contributed by atoms with van der Waals surface area (Å²) in [6, 6.07) is 13.3. The van der Waals surface area contributed by atoms with Crippen molar-refractivity contribution in [1.82, 2.24) is 4.98 Å². The number of aromatic nitrogens is 1. The van der Waals surface area contributed by atoms with Crippen molar-refractivity contribution < 1.29 is 4.79 Å². The molecule has 1 aliphatic heterocycles. The third-order valence-electron chi connectivity index (χ3n) is 3.07. The maximum atomic E-state index is 11.9. The van der Waals surface area contributed by atoms with Gasteiger partial charge >= 0.3 is 0 Å². The van der Waals surface area contributed by atoms with Crippen LogP contribution in [0.2, 0.25) is 0 Å². The first kappa shape index (κ1) is 11.6. The number of carbonyl (C=O) groups excluding carboxylic acids is 1. The van der Waals surface area contributed by atoms with Crippen molar-refractivity contribution in [2.75, 3.05) is 5.32 Å². The first-order chi connectivity index (χ1) is 9.24. The van der Waals surface area contributed by atoms with E-state index in [1.54, 1.807) is 6.21 Å². The lowest BCUT2D eigenvalue weighted by Crippen LogP contribution is -2.12. The first-order valence-corrected chi connectivity index (χ1v) is 6.12. The van der Waals surface area contributed by atoms with E-state index >= 15 is 0 Å². The molecule has 0 radical (unpaired) electrons. The third kappa shape index (κ3) is 2.25. The number of hydrogen-bond acceptors (Lipinski definition) is 3. The van der Waals surface area contributed by atoms with Crippen LogP contribution in [0.5, 0.6) is 0 Å². The molecular formula is C15H13N3O. The number of hydrogen-bond donors (Lipinski definition) is 1. The maximum Gasteiger partial charge on any atom is 0.237 e. The Morgan fingerprint density at radius 1 is 1.21 bits per heavy atom. The van der Waals surface area contributed by atoms with Crippen LogP contribution in [0.4, 0.5) is 11.5 Å². The van der Waals surface area contributed by atoms with E-state index in [1.807, 2.05) is 49.4 Å². The molecule has 1 unspecified atom stereocenters. The molecule has 0 spiro atoms. The fraction of sp³-hybridized carbons (Fsp3) is 0.133. The van der Waals surface area contributed by atoms with E-state index in [2.05, 4.69) is 15.3 Å². The SMILES string of the molecule is Cc1cccc(/N=C/C2C(=O)Nc3ccccc32)n1. The smallest absolute Gasteiger partial charge is 0.237 e. The van der Waals surface area contributed by atoms with Gasteiger partial charge < -0.3 is 5.32 Å². The summed E-state index contributed by atoms with van der Waals surface area (Å²) in [4.78, 5) is 20.5. The van der Waals surface area contributed by atoms with Gasteiger partial charge in [-0.25, -0.2) is 9.98 Å². The Morgan fingerprint density at radius 2 is 2.05 bits per heavy atom. The van der Waals surface area contributed by atoms with E-state index in [0.717, 1.165) is 16.9 Å². The van der Waals surface area contributed by atoms with E-state index in [-0.39, 0.29) is 11.8 Å². The van der Waals surface area contributed by atoms with Crippen LogP contribution < -0.4 is 5.32 Å². The predicted octanol–water partition coefficient (Wildman–Crippen LogP) is 2.83. The van der Waals surface area contributed by atoms with Crippen molar-refractivity contribution in [2.24, 2.45) is 4.99 Å². The number of aryl methyl sites for hydroxylation is 1. The van der Waals surface area contributed by atoms with Gasteiger partial charge in [0.05, 0.1) is 0 Å². The fourth-order valence-electron chi connectivity index (χ4n) is 2.13. The van der Waals surface area contributed by atoms with Gasteiger partial charge in [0, 0.05) is 17.6 Å². The molecule has 94 valence electrons. The average Bonchev–Trinajstić information content (AvgIpc) is 2.72. The summed E-state index contributed by atoms with van der Waals surface area (Å²) in [5.74, 6) is 0.244. The Morgan fingerprint density at radius 3 is 2.89 bits per heavy atom. The second-order valence-electron chi connectivity index (χ2n) is 4.47. The molecule has 2 aromatic rings. The molecule has 1 atom stereocenters. The molecule has 2 heterocycles. The lowest BCUT2D eigenvalue weighted by Gasteiger charge is -2.01. The quantitative estimate of drug-likeness (QED) is 0.834. The number of rotatable bonds is 2. The number of nitrogens with zero attached hydrogens (tertiary/aromatic N) is 2. The van der Waals surface area contributed by atoms with Crippen LogP contribution in [0.15, 0.2) is 47.5 Å². The van der Waals surface area contributed by atoms with Crippen molar-refractivity contribution in [3.8, 4) is 0 Å². The summed E-state index contributed by atoms with van der Waals surface area (Å²) in [7, 11) is 0. The largest absolute Gasteiger partial charge is 0.325 e. The Bertz CT molecular complexity index is 664. The Kier molecular flexibility index (Phi) is 2.83. The molecule has 0 fully saturated rings. The number of para-hydroxylation sites is 1. The predicted molar refractivity (Wildman–Crippen MR) is 74.9 cm³/mol. The molecule has 1 N–H and O–H groups in total. The Labute approximate surface area is 111 Å². The summed E-state index contributed by atoms with van der Waals surface area (Å²) in [6.07, 6.45) is 1.66. The number of amides is 1. The highest BCUT2D eigenvalue weighted by atomic mass is 16.2. The molecule has 1 aromatic heterocycles. The standard InChI is InChI=1S/C15H13N3O/c1-10-5-4-8-14(17-10)16-9-12-11-6-2-3-7-13(11)18-15(12)19/h2-9,12H,1H3,(H,18,19)/b16-9+. The normalized spacial score (nSPS) is 17.5. The summed E-state index contributed by atoms with van der Waals surface area (Å²) in [5.41, 5.74) is 2.73. The maximum absolute atomic E-state index is 11.9. The molecule has 1 aromatic carbocycles. The van der Waals surface area contributed by atoms with Crippen molar-refractivity contribution >= 4 is 23.6 Å². The topological polar surface area (TPSA) is 54.4 Å². The van der Waals surface area contributed by atoms with Gasteiger partial charge in [0.1, 0.15) is 5.92 Å². The number of carbonyl (C=O) groups is 1. The first-order valence-electron chi connectivity index (χ1n) is 6.12. The second-order valence-corrected chi connectivity index (χ2v) is 4.47. The van der Waals surface area contributed by atoms with Crippen LogP contribution in [0.25, 0.3) is 0 Å². The highest BCUT2D eigenvalue weighted by Gasteiger charge is 2.28. The van der Waals surface area contributed by atoms with Crippen LogP contribution in [-0.4, -0.2) is 17.1 Å². The van der Waals surface area contributed by atoms with Gasteiger partial charge in [-0.1, -0.05) is 24.3 Å². The molecule has 4 nitrogen and oxygen atoms in total. The van der Waals surface area contributed by atoms with Crippen LogP contribution >= 0.6 is 0 Å². The molecular weight excluding hydrogens is 238 g/mol. The minimum absolute atomic E-state index is 0.0439. The summed E-state index contributed by atoms with van der Waals surface area (Å²) in [5, 5.41) is 2.84. The van der Waals surface area contributed by atoms with Crippen molar-refractivity contribution in [3.05, 3.63) is 53.7 Å². The highest BCUT2D eigenvalue weighted by molar-refractivity contribution is 6.12. The van der Waals surface area contributed by atoms with Gasteiger partial charge in [0.15, 0.2) is 5.82 Å². The zero-order valence-electron chi connectivity index (χ0n) is 10.5. The number of fused-ring (bicyclic) bond motifs is 1. The minimum atomic E-state index is -0.335. The van der Waals surface area contributed by atoms with Gasteiger partial charge in [-0.15, -0.1) is 0 Å². The monoisotopic (exact) mass is 251 g/mol. The van der Waals surface area contributed by atoms with Gasteiger partial charge in [-0.2, -0.15) is 0 Å².